The van der Waals surface area contributed by atoms with Gasteiger partial charge in [0.05, 0.1) is 6.42 Å². The van der Waals surface area contributed by atoms with Crippen molar-refractivity contribution in [3.8, 4) is 0 Å². The molecule has 1 amide bonds. The second-order valence-electron chi connectivity index (χ2n) is 4.69. The Morgan fingerprint density at radius 2 is 2.25 bits per heavy atom. The van der Waals surface area contributed by atoms with Crippen LogP contribution in [0.15, 0.2) is 18.5 Å². The number of H-pyrrole nitrogens is 1. The lowest BCUT2D eigenvalue weighted by Gasteiger charge is -2.09. The van der Waals surface area contributed by atoms with Gasteiger partial charge in [-0.3, -0.25) is 4.79 Å². The highest BCUT2D eigenvalue weighted by molar-refractivity contribution is 5.78. The van der Waals surface area contributed by atoms with Gasteiger partial charge in [0.1, 0.15) is 0 Å². The van der Waals surface area contributed by atoms with Crippen LogP contribution in [0.1, 0.15) is 37.7 Å². The van der Waals surface area contributed by atoms with Gasteiger partial charge in [0.25, 0.3) is 0 Å². The smallest absolute Gasteiger partial charge is 0.224 e. The number of carbonyl (C=O) groups excluding carboxylic acids is 1. The average Bonchev–Trinajstić information content (AvgIpc) is 2.90. The molecule has 2 N–H and O–H groups in total. The summed E-state index contributed by atoms with van der Waals surface area (Å²) in [6.45, 7) is 0.841. The van der Waals surface area contributed by atoms with E-state index in [2.05, 4.69) is 10.3 Å². The summed E-state index contributed by atoms with van der Waals surface area (Å²) in [7, 11) is 0. The van der Waals surface area contributed by atoms with Crippen molar-refractivity contribution in [3.05, 3.63) is 24.0 Å². The van der Waals surface area contributed by atoms with Gasteiger partial charge in [-0.05, 0) is 24.0 Å². The van der Waals surface area contributed by atoms with Gasteiger partial charge in [0.2, 0.25) is 5.91 Å². The lowest BCUT2D eigenvalue weighted by atomic mass is 10.0. The van der Waals surface area contributed by atoms with Gasteiger partial charge in [-0.1, -0.05) is 25.7 Å². The maximum atomic E-state index is 11.6. The van der Waals surface area contributed by atoms with Gasteiger partial charge in [0, 0.05) is 18.9 Å². The molecular weight excluding hydrogens is 200 g/mol. The maximum Gasteiger partial charge on any atom is 0.224 e. The molecule has 1 aliphatic carbocycles. The van der Waals surface area contributed by atoms with Gasteiger partial charge in [-0.2, -0.15) is 0 Å². The number of carbonyl (C=O) groups is 1. The van der Waals surface area contributed by atoms with Crippen molar-refractivity contribution in [2.75, 3.05) is 6.54 Å². The van der Waals surface area contributed by atoms with E-state index >= 15 is 0 Å². The molecule has 1 aromatic rings. The minimum Gasteiger partial charge on any atom is -0.367 e. The van der Waals surface area contributed by atoms with Crippen molar-refractivity contribution in [2.45, 2.75) is 38.5 Å². The molecule has 2 rings (SSSR count). The molecular formula is C13H20N2O. The molecule has 3 nitrogen and oxygen atoms in total. The van der Waals surface area contributed by atoms with E-state index in [0.717, 1.165) is 24.4 Å². The highest BCUT2D eigenvalue weighted by Gasteiger charge is 2.14. The number of aromatic amines is 1. The van der Waals surface area contributed by atoms with Crippen molar-refractivity contribution in [2.24, 2.45) is 5.92 Å². The number of aromatic nitrogens is 1. The van der Waals surface area contributed by atoms with Crippen molar-refractivity contribution in [1.82, 2.24) is 10.3 Å². The molecule has 1 heterocycles. The van der Waals surface area contributed by atoms with E-state index in [9.17, 15) is 4.79 Å². The highest BCUT2D eigenvalue weighted by Crippen LogP contribution is 2.26. The zero-order chi connectivity index (χ0) is 11.2. The van der Waals surface area contributed by atoms with E-state index in [1.807, 2.05) is 18.5 Å². The van der Waals surface area contributed by atoms with Crippen LogP contribution in [0.5, 0.6) is 0 Å². The summed E-state index contributed by atoms with van der Waals surface area (Å²) < 4.78 is 0. The molecule has 0 aromatic carbocycles. The van der Waals surface area contributed by atoms with E-state index in [1.54, 1.807) is 0 Å². The average molecular weight is 220 g/mol. The van der Waals surface area contributed by atoms with Crippen LogP contribution in [0.4, 0.5) is 0 Å². The summed E-state index contributed by atoms with van der Waals surface area (Å²) in [6.07, 6.45) is 10.8. The van der Waals surface area contributed by atoms with Crippen LogP contribution < -0.4 is 5.32 Å². The monoisotopic (exact) mass is 220 g/mol. The zero-order valence-corrected chi connectivity index (χ0v) is 9.67. The van der Waals surface area contributed by atoms with Gasteiger partial charge in [0.15, 0.2) is 0 Å². The highest BCUT2D eigenvalue weighted by atomic mass is 16.1. The van der Waals surface area contributed by atoms with E-state index in [-0.39, 0.29) is 5.91 Å². The first-order valence-electron chi connectivity index (χ1n) is 6.23. The predicted octanol–water partition coefficient (Wildman–Crippen LogP) is 2.25. The van der Waals surface area contributed by atoms with Crippen LogP contribution in [0, 0.1) is 5.92 Å². The topological polar surface area (TPSA) is 44.9 Å². The van der Waals surface area contributed by atoms with E-state index in [1.165, 1.54) is 25.7 Å². The number of hydrogen-bond acceptors (Lipinski definition) is 1. The Balaban J connectivity index is 1.60. The maximum absolute atomic E-state index is 11.6. The van der Waals surface area contributed by atoms with Crippen LogP contribution in [0.25, 0.3) is 0 Å². The van der Waals surface area contributed by atoms with Crippen LogP contribution in [-0.2, 0) is 11.2 Å². The number of hydrogen-bond donors (Lipinski definition) is 2. The lowest BCUT2D eigenvalue weighted by molar-refractivity contribution is -0.120. The summed E-state index contributed by atoms with van der Waals surface area (Å²) in [5.41, 5.74) is 1.05. The third-order valence-electron chi connectivity index (χ3n) is 3.38. The van der Waals surface area contributed by atoms with Gasteiger partial charge in [-0.25, -0.2) is 0 Å². The largest absolute Gasteiger partial charge is 0.367 e. The quantitative estimate of drug-likeness (QED) is 0.785. The second-order valence-corrected chi connectivity index (χ2v) is 4.69. The molecule has 88 valence electrons. The molecule has 0 atom stereocenters. The Kier molecular flexibility index (Phi) is 4.03. The van der Waals surface area contributed by atoms with E-state index in [0.29, 0.717) is 6.42 Å². The van der Waals surface area contributed by atoms with Gasteiger partial charge >= 0.3 is 0 Å². The molecule has 3 heteroatoms. The third kappa shape index (κ3) is 3.40. The SMILES string of the molecule is O=C(Cc1cc[nH]c1)NCCC1CCCC1. The Morgan fingerprint density at radius 3 is 2.94 bits per heavy atom. The fraction of sp³-hybridized carbons (Fsp3) is 0.615. The Labute approximate surface area is 96.6 Å². The Morgan fingerprint density at radius 1 is 1.44 bits per heavy atom. The molecule has 16 heavy (non-hydrogen) atoms. The molecule has 1 aromatic heterocycles. The summed E-state index contributed by atoms with van der Waals surface area (Å²) in [4.78, 5) is 14.5. The molecule has 0 saturated heterocycles. The van der Waals surface area contributed by atoms with Crippen LogP contribution in [0.2, 0.25) is 0 Å². The van der Waals surface area contributed by atoms with E-state index in [4.69, 9.17) is 0 Å². The van der Waals surface area contributed by atoms with Crippen molar-refractivity contribution in [3.63, 3.8) is 0 Å². The minimum absolute atomic E-state index is 0.137. The molecule has 0 aliphatic heterocycles. The summed E-state index contributed by atoms with van der Waals surface area (Å²) in [5.74, 6) is 0.991. The first-order chi connectivity index (χ1) is 7.84. The molecule has 1 fully saturated rings. The fourth-order valence-corrected chi connectivity index (χ4v) is 2.43. The number of amides is 1. The second kappa shape index (κ2) is 5.73. The lowest BCUT2D eigenvalue weighted by Crippen LogP contribution is -2.27. The zero-order valence-electron chi connectivity index (χ0n) is 9.67. The molecule has 0 bridgehead atoms. The normalized spacial score (nSPS) is 16.5. The van der Waals surface area contributed by atoms with Crippen molar-refractivity contribution < 1.29 is 4.79 Å². The van der Waals surface area contributed by atoms with Crippen molar-refractivity contribution >= 4 is 5.91 Å². The number of rotatable bonds is 5. The first kappa shape index (κ1) is 11.2. The molecule has 1 aliphatic rings. The Hall–Kier alpha value is -1.25. The van der Waals surface area contributed by atoms with Gasteiger partial charge in [-0.15, -0.1) is 0 Å². The van der Waals surface area contributed by atoms with Crippen LogP contribution >= 0.6 is 0 Å². The third-order valence-corrected chi connectivity index (χ3v) is 3.38. The predicted molar refractivity (Wildman–Crippen MR) is 64.1 cm³/mol. The molecule has 0 spiro atoms. The summed E-state index contributed by atoms with van der Waals surface area (Å²) >= 11 is 0. The summed E-state index contributed by atoms with van der Waals surface area (Å²) in [6, 6.07) is 1.94. The first-order valence-corrected chi connectivity index (χ1v) is 6.23. The Bertz CT molecular complexity index is 313. The molecule has 1 saturated carbocycles. The fourth-order valence-electron chi connectivity index (χ4n) is 2.43. The van der Waals surface area contributed by atoms with Crippen molar-refractivity contribution in [1.29, 1.82) is 0 Å². The minimum atomic E-state index is 0.137. The standard InChI is InChI=1S/C13H20N2O/c16-13(9-12-5-7-14-10-12)15-8-6-11-3-1-2-4-11/h5,7,10-11,14H,1-4,6,8-9H2,(H,15,16). The molecule has 0 radical (unpaired) electrons. The van der Waals surface area contributed by atoms with Crippen LogP contribution in [0.3, 0.4) is 0 Å². The van der Waals surface area contributed by atoms with Gasteiger partial charge < -0.3 is 10.3 Å². The van der Waals surface area contributed by atoms with E-state index < -0.39 is 0 Å². The number of nitrogens with one attached hydrogen (secondary N) is 2. The molecule has 0 unspecified atom stereocenters. The summed E-state index contributed by atoms with van der Waals surface area (Å²) in [5, 5.41) is 3.00. The van der Waals surface area contributed by atoms with Crippen LogP contribution in [-0.4, -0.2) is 17.4 Å².